The molecule has 0 saturated heterocycles. The Kier molecular flexibility index (Phi) is 4.30. The number of nitrogen functional groups attached to an aromatic ring is 1. The van der Waals surface area contributed by atoms with E-state index in [9.17, 15) is 9.18 Å². The molecule has 5 heteroatoms. The van der Waals surface area contributed by atoms with Crippen molar-refractivity contribution in [3.05, 3.63) is 53.5 Å². The summed E-state index contributed by atoms with van der Waals surface area (Å²) in [6.45, 7) is 2.06. The zero-order valence-electron chi connectivity index (χ0n) is 11.2. The first-order chi connectivity index (χ1) is 9.63. The lowest BCUT2D eigenvalue weighted by molar-refractivity contribution is 0.102. The predicted molar refractivity (Wildman–Crippen MR) is 77.0 cm³/mol. The second kappa shape index (κ2) is 6.14. The Hall–Kier alpha value is -2.43. The number of para-hydroxylation sites is 1. The minimum absolute atomic E-state index is 0.108. The summed E-state index contributed by atoms with van der Waals surface area (Å²) in [4.78, 5) is 15.7. The molecule has 104 valence electrons. The maximum absolute atomic E-state index is 13.8. The number of benzene rings is 1. The summed E-state index contributed by atoms with van der Waals surface area (Å²) < 4.78 is 13.8. The zero-order valence-corrected chi connectivity index (χ0v) is 11.2. The van der Waals surface area contributed by atoms with Gasteiger partial charge in [-0.3, -0.25) is 4.79 Å². The van der Waals surface area contributed by atoms with Crippen LogP contribution in [0.4, 0.5) is 15.9 Å². The molecule has 4 nitrogen and oxygen atoms in total. The molecular formula is C15H16FN3O. The lowest BCUT2D eigenvalue weighted by atomic mass is 10.1. The van der Waals surface area contributed by atoms with Gasteiger partial charge in [-0.1, -0.05) is 31.5 Å². The highest BCUT2D eigenvalue weighted by atomic mass is 19.1. The molecule has 2 rings (SSSR count). The summed E-state index contributed by atoms with van der Waals surface area (Å²) in [5.74, 6) is -1.60. The van der Waals surface area contributed by atoms with Crippen LogP contribution in [0.1, 0.15) is 29.3 Å². The third kappa shape index (κ3) is 2.93. The Balaban J connectivity index is 2.26. The van der Waals surface area contributed by atoms with E-state index in [2.05, 4.69) is 17.2 Å². The Labute approximate surface area is 116 Å². The second-order valence-corrected chi connectivity index (χ2v) is 4.42. The number of rotatable bonds is 4. The summed E-state index contributed by atoms with van der Waals surface area (Å²) in [7, 11) is 0. The van der Waals surface area contributed by atoms with Crippen LogP contribution in [0.2, 0.25) is 0 Å². The van der Waals surface area contributed by atoms with Crippen LogP contribution >= 0.6 is 0 Å². The molecule has 0 aliphatic rings. The van der Waals surface area contributed by atoms with E-state index in [1.807, 2.05) is 18.2 Å². The first-order valence-electron chi connectivity index (χ1n) is 6.42. The van der Waals surface area contributed by atoms with E-state index < -0.39 is 11.7 Å². The maximum Gasteiger partial charge on any atom is 0.258 e. The molecule has 0 fully saturated rings. The standard InChI is InChI=1S/C15H16FN3O/c1-2-5-10-6-3-4-7-12(10)19-15(20)11-8-9-18-14(17)13(11)16/h3-4,6-9H,2,5H2,1H3,(H2,17,18)(H,19,20). The van der Waals surface area contributed by atoms with E-state index in [0.717, 1.165) is 18.4 Å². The number of nitrogens with zero attached hydrogens (tertiary/aromatic N) is 1. The third-order valence-electron chi connectivity index (χ3n) is 2.95. The highest BCUT2D eigenvalue weighted by Crippen LogP contribution is 2.19. The molecule has 0 saturated carbocycles. The predicted octanol–water partition coefficient (Wildman–Crippen LogP) is 3.01. The Morgan fingerprint density at radius 2 is 2.10 bits per heavy atom. The van der Waals surface area contributed by atoms with Gasteiger partial charge in [-0.15, -0.1) is 0 Å². The van der Waals surface area contributed by atoms with Crippen LogP contribution in [0.5, 0.6) is 0 Å². The third-order valence-corrected chi connectivity index (χ3v) is 2.95. The first-order valence-corrected chi connectivity index (χ1v) is 6.42. The molecule has 2 aromatic rings. The van der Waals surface area contributed by atoms with Crippen LogP contribution in [-0.4, -0.2) is 10.9 Å². The average molecular weight is 273 g/mol. The van der Waals surface area contributed by atoms with Gasteiger partial charge in [0, 0.05) is 11.9 Å². The van der Waals surface area contributed by atoms with Crippen molar-refractivity contribution in [1.29, 1.82) is 0 Å². The highest BCUT2D eigenvalue weighted by molar-refractivity contribution is 6.05. The number of carbonyl (C=O) groups is 1. The SMILES string of the molecule is CCCc1ccccc1NC(=O)c1ccnc(N)c1F. The normalized spacial score (nSPS) is 10.3. The van der Waals surface area contributed by atoms with Crippen LogP contribution in [-0.2, 0) is 6.42 Å². The minimum Gasteiger partial charge on any atom is -0.381 e. The molecule has 1 amide bonds. The minimum atomic E-state index is -0.794. The van der Waals surface area contributed by atoms with Crippen LogP contribution in [0.15, 0.2) is 36.5 Å². The van der Waals surface area contributed by atoms with E-state index in [-0.39, 0.29) is 11.4 Å². The van der Waals surface area contributed by atoms with Crippen LogP contribution in [0, 0.1) is 5.82 Å². The van der Waals surface area contributed by atoms with Gasteiger partial charge in [-0.2, -0.15) is 0 Å². The molecule has 1 aromatic heterocycles. The molecule has 0 radical (unpaired) electrons. The molecular weight excluding hydrogens is 257 g/mol. The fourth-order valence-corrected chi connectivity index (χ4v) is 1.95. The lowest BCUT2D eigenvalue weighted by Crippen LogP contribution is -2.16. The van der Waals surface area contributed by atoms with E-state index in [1.54, 1.807) is 6.07 Å². The van der Waals surface area contributed by atoms with Crippen molar-refractivity contribution in [2.45, 2.75) is 19.8 Å². The highest BCUT2D eigenvalue weighted by Gasteiger charge is 2.15. The lowest BCUT2D eigenvalue weighted by Gasteiger charge is -2.11. The van der Waals surface area contributed by atoms with E-state index in [1.165, 1.54) is 12.3 Å². The summed E-state index contributed by atoms with van der Waals surface area (Å²) in [6, 6.07) is 8.78. The Morgan fingerprint density at radius 3 is 2.85 bits per heavy atom. The molecule has 3 N–H and O–H groups in total. The van der Waals surface area contributed by atoms with Crippen molar-refractivity contribution in [2.75, 3.05) is 11.1 Å². The number of aryl methyl sites for hydroxylation is 1. The Morgan fingerprint density at radius 1 is 1.35 bits per heavy atom. The van der Waals surface area contributed by atoms with Crippen LogP contribution in [0.3, 0.4) is 0 Å². The van der Waals surface area contributed by atoms with Gasteiger partial charge in [0.15, 0.2) is 11.6 Å². The molecule has 1 aromatic carbocycles. The fourth-order valence-electron chi connectivity index (χ4n) is 1.95. The largest absolute Gasteiger partial charge is 0.381 e. The monoisotopic (exact) mass is 273 g/mol. The first kappa shape index (κ1) is 14.0. The molecule has 0 unspecified atom stereocenters. The van der Waals surface area contributed by atoms with Crippen LogP contribution < -0.4 is 11.1 Å². The number of halogens is 1. The van der Waals surface area contributed by atoms with Crippen LogP contribution in [0.25, 0.3) is 0 Å². The molecule has 0 spiro atoms. The Bertz CT molecular complexity index is 628. The summed E-state index contributed by atoms with van der Waals surface area (Å²) in [6.07, 6.45) is 3.12. The molecule has 0 atom stereocenters. The second-order valence-electron chi connectivity index (χ2n) is 4.42. The van der Waals surface area contributed by atoms with Crippen molar-refractivity contribution >= 4 is 17.4 Å². The van der Waals surface area contributed by atoms with Gasteiger partial charge in [0.2, 0.25) is 0 Å². The summed E-state index contributed by atoms with van der Waals surface area (Å²) in [5, 5.41) is 2.72. The van der Waals surface area contributed by atoms with E-state index in [0.29, 0.717) is 5.69 Å². The van der Waals surface area contributed by atoms with Crippen molar-refractivity contribution in [3.63, 3.8) is 0 Å². The van der Waals surface area contributed by atoms with Gasteiger partial charge in [0.25, 0.3) is 5.91 Å². The van der Waals surface area contributed by atoms with Crippen molar-refractivity contribution in [1.82, 2.24) is 4.98 Å². The smallest absolute Gasteiger partial charge is 0.258 e. The number of nitrogens with two attached hydrogens (primary N) is 1. The van der Waals surface area contributed by atoms with Gasteiger partial charge in [0.05, 0.1) is 5.56 Å². The van der Waals surface area contributed by atoms with Crippen molar-refractivity contribution in [3.8, 4) is 0 Å². The zero-order chi connectivity index (χ0) is 14.5. The summed E-state index contributed by atoms with van der Waals surface area (Å²) in [5.41, 5.74) is 6.96. The molecule has 1 heterocycles. The van der Waals surface area contributed by atoms with Crippen molar-refractivity contribution in [2.24, 2.45) is 0 Å². The maximum atomic E-state index is 13.8. The number of hydrogen-bond acceptors (Lipinski definition) is 3. The van der Waals surface area contributed by atoms with Crippen molar-refractivity contribution < 1.29 is 9.18 Å². The number of anilines is 2. The molecule has 0 aliphatic heterocycles. The number of nitrogens with one attached hydrogen (secondary N) is 1. The number of aromatic nitrogens is 1. The van der Waals surface area contributed by atoms with Gasteiger partial charge >= 0.3 is 0 Å². The van der Waals surface area contributed by atoms with E-state index >= 15 is 0 Å². The molecule has 20 heavy (non-hydrogen) atoms. The van der Waals surface area contributed by atoms with Gasteiger partial charge in [-0.25, -0.2) is 9.37 Å². The molecule has 0 aliphatic carbocycles. The number of hydrogen-bond donors (Lipinski definition) is 2. The number of carbonyl (C=O) groups excluding carboxylic acids is 1. The quantitative estimate of drug-likeness (QED) is 0.899. The van der Waals surface area contributed by atoms with Gasteiger partial charge < -0.3 is 11.1 Å². The van der Waals surface area contributed by atoms with E-state index in [4.69, 9.17) is 5.73 Å². The summed E-state index contributed by atoms with van der Waals surface area (Å²) >= 11 is 0. The van der Waals surface area contributed by atoms with Gasteiger partial charge in [0.1, 0.15) is 0 Å². The topological polar surface area (TPSA) is 68.0 Å². The number of amides is 1. The average Bonchev–Trinajstić information content (AvgIpc) is 2.44. The van der Waals surface area contributed by atoms with Gasteiger partial charge in [-0.05, 0) is 24.1 Å². The number of pyridine rings is 1. The fraction of sp³-hybridized carbons (Fsp3) is 0.200. The molecule has 0 bridgehead atoms.